The topological polar surface area (TPSA) is 12.0 Å². The Balaban J connectivity index is 1.70. The molecule has 2 aliphatic carbocycles. The molecule has 0 radical (unpaired) electrons. The lowest BCUT2D eigenvalue weighted by atomic mass is 9.71. The molecule has 1 saturated carbocycles. The predicted molar refractivity (Wildman–Crippen MR) is 52.0 cm³/mol. The number of nitrogens with one attached hydrogen (secondary N) is 1. The van der Waals surface area contributed by atoms with Gasteiger partial charge in [0.25, 0.3) is 0 Å². The highest BCUT2D eigenvalue weighted by Crippen LogP contribution is 2.42. The van der Waals surface area contributed by atoms with Gasteiger partial charge in [0.2, 0.25) is 0 Å². The van der Waals surface area contributed by atoms with Crippen LogP contribution in [0.4, 0.5) is 0 Å². The third kappa shape index (κ3) is 1.34. The van der Waals surface area contributed by atoms with Gasteiger partial charge in [-0.25, -0.2) is 0 Å². The van der Waals surface area contributed by atoms with E-state index in [9.17, 15) is 0 Å². The molecule has 0 spiro atoms. The quantitative estimate of drug-likeness (QED) is 0.494. The fourth-order valence-electron chi connectivity index (χ4n) is 2.32. The molecule has 66 valence electrons. The van der Waals surface area contributed by atoms with E-state index >= 15 is 0 Å². The van der Waals surface area contributed by atoms with Crippen molar-refractivity contribution in [3.63, 3.8) is 0 Å². The van der Waals surface area contributed by atoms with Gasteiger partial charge in [-0.05, 0) is 37.6 Å². The van der Waals surface area contributed by atoms with Crippen LogP contribution in [0.3, 0.4) is 0 Å². The fourth-order valence-corrected chi connectivity index (χ4v) is 2.32. The Morgan fingerprint density at radius 2 is 2.50 bits per heavy atom. The van der Waals surface area contributed by atoms with Gasteiger partial charge in [0.1, 0.15) is 0 Å². The van der Waals surface area contributed by atoms with Crippen LogP contribution in [0.5, 0.6) is 0 Å². The van der Waals surface area contributed by atoms with Crippen molar-refractivity contribution in [2.24, 2.45) is 11.8 Å². The molecular formula is C11H17N. The van der Waals surface area contributed by atoms with Gasteiger partial charge < -0.3 is 5.32 Å². The molecule has 0 heterocycles. The average Bonchev–Trinajstić information content (AvgIpc) is 2.41. The van der Waals surface area contributed by atoms with Gasteiger partial charge in [0.05, 0.1) is 0 Å². The van der Waals surface area contributed by atoms with Crippen LogP contribution >= 0.6 is 0 Å². The maximum Gasteiger partial charge on any atom is 0.0136 e. The highest BCUT2D eigenvalue weighted by Gasteiger charge is 2.40. The number of fused-ring (bicyclic) bond motifs is 1. The van der Waals surface area contributed by atoms with Crippen molar-refractivity contribution >= 4 is 0 Å². The van der Waals surface area contributed by atoms with Crippen LogP contribution in [0.15, 0.2) is 24.8 Å². The van der Waals surface area contributed by atoms with Crippen LogP contribution in [-0.2, 0) is 0 Å². The maximum atomic E-state index is 3.71. The molecule has 0 aromatic rings. The summed E-state index contributed by atoms with van der Waals surface area (Å²) in [4.78, 5) is 0. The molecule has 1 fully saturated rings. The minimum Gasteiger partial charge on any atom is -0.313 e. The second kappa shape index (κ2) is 3.44. The van der Waals surface area contributed by atoms with Gasteiger partial charge in [0, 0.05) is 6.04 Å². The Morgan fingerprint density at radius 1 is 1.58 bits per heavy atom. The van der Waals surface area contributed by atoms with Crippen molar-refractivity contribution < 1.29 is 0 Å². The highest BCUT2D eigenvalue weighted by atomic mass is 14.9. The van der Waals surface area contributed by atoms with Gasteiger partial charge >= 0.3 is 0 Å². The predicted octanol–water partition coefficient (Wildman–Crippen LogP) is 2.12. The second-order valence-corrected chi connectivity index (χ2v) is 3.87. The van der Waals surface area contributed by atoms with E-state index in [1.165, 1.54) is 12.8 Å². The minimum atomic E-state index is 0.772. The number of hydrogen-bond acceptors (Lipinski definition) is 1. The molecule has 3 atom stereocenters. The van der Waals surface area contributed by atoms with Crippen LogP contribution in [0.1, 0.15) is 19.3 Å². The van der Waals surface area contributed by atoms with E-state index in [1.807, 2.05) is 6.08 Å². The van der Waals surface area contributed by atoms with Gasteiger partial charge in [-0.1, -0.05) is 18.2 Å². The van der Waals surface area contributed by atoms with Crippen LogP contribution in [0.25, 0.3) is 0 Å². The summed E-state index contributed by atoms with van der Waals surface area (Å²) in [5.41, 5.74) is 0. The molecule has 0 bridgehead atoms. The molecule has 1 nitrogen and oxygen atoms in total. The summed E-state index contributed by atoms with van der Waals surface area (Å²) >= 11 is 0. The molecule has 0 amide bonds. The molecule has 0 aromatic heterocycles. The Kier molecular flexibility index (Phi) is 2.31. The first-order valence-corrected chi connectivity index (χ1v) is 4.93. The third-order valence-corrected chi connectivity index (χ3v) is 3.12. The molecule has 2 aliphatic rings. The molecule has 1 N–H and O–H groups in total. The zero-order valence-electron chi connectivity index (χ0n) is 7.50. The van der Waals surface area contributed by atoms with Crippen molar-refractivity contribution in [1.29, 1.82) is 0 Å². The zero-order chi connectivity index (χ0) is 8.39. The molecule has 3 unspecified atom stereocenters. The second-order valence-electron chi connectivity index (χ2n) is 3.87. The average molecular weight is 163 g/mol. The largest absolute Gasteiger partial charge is 0.313 e. The summed E-state index contributed by atoms with van der Waals surface area (Å²) in [5.74, 6) is 1.83. The van der Waals surface area contributed by atoms with E-state index < -0.39 is 0 Å². The van der Waals surface area contributed by atoms with Gasteiger partial charge in [-0.2, -0.15) is 0 Å². The van der Waals surface area contributed by atoms with E-state index in [2.05, 4.69) is 24.0 Å². The van der Waals surface area contributed by atoms with Crippen LogP contribution < -0.4 is 5.32 Å². The number of allylic oxidation sites excluding steroid dienone is 1. The first kappa shape index (κ1) is 8.06. The Morgan fingerprint density at radius 3 is 3.25 bits per heavy atom. The van der Waals surface area contributed by atoms with Crippen molar-refractivity contribution in [3.8, 4) is 0 Å². The monoisotopic (exact) mass is 163 g/mol. The van der Waals surface area contributed by atoms with E-state index in [0.717, 1.165) is 30.8 Å². The first-order valence-electron chi connectivity index (χ1n) is 4.93. The summed E-state index contributed by atoms with van der Waals surface area (Å²) in [5, 5.41) is 3.57. The van der Waals surface area contributed by atoms with Crippen LogP contribution in [0.2, 0.25) is 0 Å². The summed E-state index contributed by atoms with van der Waals surface area (Å²) in [6, 6.07) is 0.772. The Labute approximate surface area is 74.5 Å². The number of rotatable bonds is 4. The zero-order valence-corrected chi connectivity index (χ0v) is 7.50. The van der Waals surface area contributed by atoms with Crippen molar-refractivity contribution in [2.45, 2.75) is 25.3 Å². The van der Waals surface area contributed by atoms with E-state index in [-0.39, 0.29) is 0 Å². The molecule has 12 heavy (non-hydrogen) atoms. The molecule has 0 aliphatic heterocycles. The van der Waals surface area contributed by atoms with Crippen molar-refractivity contribution in [3.05, 3.63) is 24.8 Å². The van der Waals surface area contributed by atoms with Gasteiger partial charge in [-0.3, -0.25) is 0 Å². The van der Waals surface area contributed by atoms with Crippen molar-refractivity contribution in [1.82, 2.24) is 5.32 Å². The molecule has 0 aromatic carbocycles. The first-order chi connectivity index (χ1) is 5.92. The molecule has 0 saturated heterocycles. The Bertz CT molecular complexity index is 195. The maximum absolute atomic E-state index is 3.71. The summed E-state index contributed by atoms with van der Waals surface area (Å²) in [6.07, 6.45) is 10.5. The summed E-state index contributed by atoms with van der Waals surface area (Å²) in [7, 11) is 0. The van der Waals surface area contributed by atoms with Crippen LogP contribution in [0, 0.1) is 11.8 Å². The molecular weight excluding hydrogens is 146 g/mol. The molecule has 1 heteroatoms. The minimum absolute atomic E-state index is 0.772. The fraction of sp³-hybridized carbons (Fsp3) is 0.636. The lowest BCUT2D eigenvalue weighted by Crippen LogP contribution is -2.48. The van der Waals surface area contributed by atoms with Gasteiger partial charge in [0.15, 0.2) is 0 Å². The number of hydrogen-bond donors (Lipinski definition) is 1. The standard InChI is InChI=1S/C11H17N/c1-2-3-7-12-11-8-9-5-4-6-10(9)11/h2,4,6,9-12H,1,3,5,7-8H2. The lowest BCUT2D eigenvalue weighted by Gasteiger charge is -2.40. The van der Waals surface area contributed by atoms with Crippen LogP contribution in [-0.4, -0.2) is 12.6 Å². The molecule has 2 rings (SSSR count). The van der Waals surface area contributed by atoms with E-state index in [1.54, 1.807) is 0 Å². The highest BCUT2D eigenvalue weighted by molar-refractivity contribution is 5.12. The lowest BCUT2D eigenvalue weighted by molar-refractivity contribution is 0.164. The van der Waals surface area contributed by atoms with E-state index in [0.29, 0.717) is 0 Å². The smallest absolute Gasteiger partial charge is 0.0136 e. The van der Waals surface area contributed by atoms with Crippen molar-refractivity contribution in [2.75, 3.05) is 6.54 Å². The summed E-state index contributed by atoms with van der Waals surface area (Å²) in [6.45, 7) is 4.82. The SMILES string of the molecule is C=CCCNC1CC2CC=CC21. The normalized spacial score (nSPS) is 37.5. The van der Waals surface area contributed by atoms with Gasteiger partial charge in [-0.15, -0.1) is 6.58 Å². The Hall–Kier alpha value is -0.560. The summed E-state index contributed by atoms with van der Waals surface area (Å²) < 4.78 is 0. The third-order valence-electron chi connectivity index (χ3n) is 3.12. The van der Waals surface area contributed by atoms with E-state index in [4.69, 9.17) is 0 Å².